The van der Waals surface area contributed by atoms with Crippen molar-refractivity contribution in [3.05, 3.63) is 53.6 Å². The number of amides is 1. The van der Waals surface area contributed by atoms with Crippen LogP contribution in [0.4, 0.5) is 14.5 Å². The topological polar surface area (TPSA) is 63.7 Å². The summed E-state index contributed by atoms with van der Waals surface area (Å²) in [5.74, 6) is -2.63. The predicted molar refractivity (Wildman–Crippen MR) is 86.9 cm³/mol. The quantitative estimate of drug-likeness (QED) is 0.779. The van der Waals surface area contributed by atoms with Crippen molar-refractivity contribution in [2.24, 2.45) is 0 Å². The number of nitrogens with zero attached hydrogens (tertiary/aromatic N) is 1. The standard InChI is InChI=1S/C17H15F2NO4S/c1-11-9-12(20-8-2-3-17(20)21)4-7-16(11)25(22,23)24-13-5-6-14(18)15(19)10-13/h4-7,9-10H,2-3,8H2,1H3. The fraction of sp³-hybridized carbons (Fsp3) is 0.235. The number of aryl methyl sites for hydroxylation is 1. The lowest BCUT2D eigenvalue weighted by atomic mass is 10.2. The highest BCUT2D eigenvalue weighted by Gasteiger charge is 2.25. The van der Waals surface area contributed by atoms with Crippen molar-refractivity contribution in [1.82, 2.24) is 0 Å². The highest BCUT2D eigenvalue weighted by atomic mass is 32.2. The molecule has 1 aliphatic rings. The van der Waals surface area contributed by atoms with Gasteiger partial charge < -0.3 is 9.08 Å². The van der Waals surface area contributed by atoms with Crippen molar-refractivity contribution >= 4 is 21.7 Å². The van der Waals surface area contributed by atoms with Gasteiger partial charge in [-0.15, -0.1) is 0 Å². The minimum atomic E-state index is -4.22. The molecular formula is C17H15F2NO4S. The number of hydrogen-bond acceptors (Lipinski definition) is 4. The molecule has 3 rings (SSSR count). The first-order valence-corrected chi connectivity index (χ1v) is 8.99. The van der Waals surface area contributed by atoms with E-state index in [0.717, 1.165) is 18.6 Å². The van der Waals surface area contributed by atoms with E-state index in [4.69, 9.17) is 4.18 Å². The molecule has 8 heteroatoms. The van der Waals surface area contributed by atoms with E-state index in [1.807, 2.05) is 0 Å². The molecule has 132 valence electrons. The monoisotopic (exact) mass is 367 g/mol. The Kier molecular flexibility index (Phi) is 4.47. The van der Waals surface area contributed by atoms with Gasteiger partial charge in [0.15, 0.2) is 11.6 Å². The Morgan fingerprint density at radius 3 is 2.44 bits per heavy atom. The molecule has 25 heavy (non-hydrogen) atoms. The van der Waals surface area contributed by atoms with E-state index in [1.54, 1.807) is 17.9 Å². The number of halogens is 2. The predicted octanol–water partition coefficient (Wildman–Crippen LogP) is 3.17. The van der Waals surface area contributed by atoms with Crippen molar-refractivity contribution in [2.45, 2.75) is 24.7 Å². The van der Waals surface area contributed by atoms with Gasteiger partial charge in [0.25, 0.3) is 0 Å². The van der Waals surface area contributed by atoms with Crippen LogP contribution in [0.25, 0.3) is 0 Å². The minimum Gasteiger partial charge on any atom is -0.379 e. The summed E-state index contributed by atoms with van der Waals surface area (Å²) in [7, 11) is -4.22. The van der Waals surface area contributed by atoms with Crippen LogP contribution in [-0.2, 0) is 14.9 Å². The van der Waals surface area contributed by atoms with E-state index in [0.29, 0.717) is 30.3 Å². The van der Waals surface area contributed by atoms with Gasteiger partial charge in [0.2, 0.25) is 5.91 Å². The number of hydrogen-bond donors (Lipinski definition) is 0. The first kappa shape index (κ1) is 17.3. The van der Waals surface area contributed by atoms with Crippen molar-refractivity contribution in [3.63, 3.8) is 0 Å². The average Bonchev–Trinajstić information content (AvgIpc) is 2.96. The van der Waals surface area contributed by atoms with E-state index in [1.165, 1.54) is 12.1 Å². The molecule has 1 fully saturated rings. The summed E-state index contributed by atoms with van der Waals surface area (Å²) < 4.78 is 55.8. The summed E-state index contributed by atoms with van der Waals surface area (Å²) in [4.78, 5) is 13.3. The molecule has 0 aromatic heterocycles. The Labute approximate surface area is 144 Å². The summed E-state index contributed by atoms with van der Waals surface area (Å²) in [6, 6.07) is 6.94. The zero-order valence-corrected chi connectivity index (χ0v) is 14.1. The second-order valence-electron chi connectivity index (χ2n) is 5.71. The Bertz CT molecular complexity index is 944. The first-order chi connectivity index (χ1) is 11.8. The van der Waals surface area contributed by atoms with Gasteiger partial charge in [0.05, 0.1) is 0 Å². The first-order valence-electron chi connectivity index (χ1n) is 7.58. The van der Waals surface area contributed by atoms with Crippen molar-refractivity contribution < 1.29 is 26.2 Å². The third-order valence-corrected chi connectivity index (χ3v) is 5.32. The summed E-state index contributed by atoms with van der Waals surface area (Å²) in [6.45, 7) is 2.17. The van der Waals surface area contributed by atoms with Gasteiger partial charge >= 0.3 is 10.1 Å². The average molecular weight is 367 g/mol. The molecule has 0 N–H and O–H groups in total. The molecule has 0 unspecified atom stereocenters. The van der Waals surface area contributed by atoms with Crippen molar-refractivity contribution in [2.75, 3.05) is 11.4 Å². The number of rotatable bonds is 4. The number of carbonyl (C=O) groups is 1. The highest BCUT2D eigenvalue weighted by molar-refractivity contribution is 7.87. The molecule has 5 nitrogen and oxygen atoms in total. The van der Waals surface area contributed by atoms with Gasteiger partial charge in [-0.1, -0.05) is 0 Å². The molecule has 0 radical (unpaired) electrons. The molecule has 0 bridgehead atoms. The molecule has 0 aliphatic carbocycles. The molecule has 0 saturated carbocycles. The zero-order chi connectivity index (χ0) is 18.2. The second-order valence-corrected chi connectivity index (χ2v) is 7.23. The lowest BCUT2D eigenvalue weighted by Crippen LogP contribution is -2.24. The SMILES string of the molecule is Cc1cc(N2CCCC2=O)ccc1S(=O)(=O)Oc1ccc(F)c(F)c1. The molecule has 0 atom stereocenters. The maximum Gasteiger partial charge on any atom is 0.339 e. The zero-order valence-electron chi connectivity index (χ0n) is 13.3. The lowest BCUT2D eigenvalue weighted by Gasteiger charge is -2.17. The number of benzene rings is 2. The second kappa shape index (κ2) is 6.44. The minimum absolute atomic E-state index is 0.00644. The van der Waals surface area contributed by atoms with E-state index in [2.05, 4.69) is 0 Å². The maximum absolute atomic E-state index is 13.2. The van der Waals surface area contributed by atoms with Crippen molar-refractivity contribution in [3.8, 4) is 5.75 Å². The lowest BCUT2D eigenvalue weighted by molar-refractivity contribution is -0.117. The Morgan fingerprint density at radius 2 is 1.84 bits per heavy atom. The molecular weight excluding hydrogens is 352 g/mol. The van der Waals surface area contributed by atoms with Gasteiger partial charge in [-0.2, -0.15) is 8.42 Å². The molecule has 2 aromatic rings. The molecule has 1 heterocycles. The summed E-state index contributed by atoms with van der Waals surface area (Å²) in [6.07, 6.45) is 1.23. The van der Waals surface area contributed by atoms with E-state index in [-0.39, 0.29) is 16.6 Å². The normalized spacial score (nSPS) is 14.8. The fourth-order valence-corrected chi connectivity index (χ4v) is 3.84. The Hall–Kier alpha value is -2.48. The fourth-order valence-electron chi connectivity index (χ4n) is 2.70. The maximum atomic E-state index is 13.2. The van der Waals surface area contributed by atoms with Crippen molar-refractivity contribution in [1.29, 1.82) is 0 Å². The Balaban J connectivity index is 1.89. The van der Waals surface area contributed by atoms with E-state index in [9.17, 15) is 22.0 Å². The third-order valence-electron chi connectivity index (χ3n) is 3.91. The third kappa shape index (κ3) is 3.48. The molecule has 1 aliphatic heterocycles. The van der Waals surface area contributed by atoms with Crippen LogP contribution in [-0.4, -0.2) is 20.9 Å². The number of carbonyl (C=O) groups excluding carboxylic acids is 1. The van der Waals surface area contributed by atoms with Crippen LogP contribution >= 0.6 is 0 Å². The van der Waals surface area contributed by atoms with Gasteiger partial charge in [-0.3, -0.25) is 4.79 Å². The number of anilines is 1. The van der Waals surface area contributed by atoms with Crippen LogP contribution in [0, 0.1) is 18.6 Å². The van der Waals surface area contributed by atoms with E-state index < -0.39 is 21.8 Å². The van der Waals surface area contributed by atoms with Crippen LogP contribution in [0.1, 0.15) is 18.4 Å². The largest absolute Gasteiger partial charge is 0.379 e. The van der Waals surface area contributed by atoms with E-state index >= 15 is 0 Å². The van der Waals surface area contributed by atoms with Gasteiger partial charge in [-0.25, -0.2) is 8.78 Å². The molecule has 2 aromatic carbocycles. The van der Waals surface area contributed by atoms with Crippen LogP contribution in [0.15, 0.2) is 41.3 Å². The van der Waals surface area contributed by atoms with Crippen LogP contribution in [0.5, 0.6) is 5.75 Å². The summed E-state index contributed by atoms with van der Waals surface area (Å²) >= 11 is 0. The van der Waals surface area contributed by atoms with Gasteiger partial charge in [0.1, 0.15) is 10.6 Å². The van der Waals surface area contributed by atoms with Crippen LogP contribution in [0.2, 0.25) is 0 Å². The molecule has 1 saturated heterocycles. The smallest absolute Gasteiger partial charge is 0.339 e. The summed E-state index contributed by atoms with van der Waals surface area (Å²) in [5, 5.41) is 0. The summed E-state index contributed by atoms with van der Waals surface area (Å²) in [5.41, 5.74) is 1.01. The highest BCUT2D eigenvalue weighted by Crippen LogP contribution is 2.28. The van der Waals surface area contributed by atoms with Gasteiger partial charge in [0, 0.05) is 24.7 Å². The molecule has 0 spiro atoms. The molecule has 1 amide bonds. The van der Waals surface area contributed by atoms with Gasteiger partial charge in [-0.05, 0) is 49.2 Å². The van der Waals surface area contributed by atoms with Crippen LogP contribution in [0.3, 0.4) is 0 Å². The Morgan fingerprint density at radius 1 is 1.08 bits per heavy atom. The van der Waals surface area contributed by atoms with Crippen LogP contribution < -0.4 is 9.08 Å².